The quantitative estimate of drug-likeness (QED) is 0.545. The molecule has 2 heterocycles. The molecule has 1 fully saturated rings. The van der Waals surface area contributed by atoms with Gasteiger partial charge in [0.25, 0.3) is 11.8 Å². The number of likely N-dealkylation sites (tertiary alicyclic amines) is 1. The summed E-state index contributed by atoms with van der Waals surface area (Å²) in [5.74, 6) is -0.00616. The number of hydrogen-bond donors (Lipinski definition) is 2. The van der Waals surface area contributed by atoms with Gasteiger partial charge >= 0.3 is 0 Å². The normalized spacial score (nSPS) is 14.9. The lowest BCUT2D eigenvalue weighted by Gasteiger charge is -2.36. The predicted molar refractivity (Wildman–Crippen MR) is 133 cm³/mol. The summed E-state index contributed by atoms with van der Waals surface area (Å²) < 4.78 is 5.32. The number of rotatable bonds is 7. The minimum atomic E-state index is -0.714. The highest BCUT2D eigenvalue weighted by molar-refractivity contribution is 5.98. The largest absolute Gasteiger partial charge is 0.467 e. The summed E-state index contributed by atoms with van der Waals surface area (Å²) in [6.07, 6.45) is 2.79. The smallest absolute Gasteiger partial charge is 0.253 e. The van der Waals surface area contributed by atoms with Gasteiger partial charge in [-0.15, -0.1) is 0 Å². The third kappa shape index (κ3) is 6.18. The van der Waals surface area contributed by atoms with Gasteiger partial charge in [-0.1, -0.05) is 35.4 Å². The number of hydrogen-bond acceptors (Lipinski definition) is 4. The Hall–Kier alpha value is -3.87. The number of amides is 3. The molecular formula is C28H31N3O4. The molecule has 1 aromatic heterocycles. The number of aryl methyl sites for hydroxylation is 2. The third-order valence-corrected chi connectivity index (χ3v) is 6.43. The molecule has 0 unspecified atom stereocenters. The van der Waals surface area contributed by atoms with Crippen LogP contribution in [0.15, 0.2) is 71.3 Å². The van der Waals surface area contributed by atoms with E-state index in [9.17, 15) is 14.4 Å². The fourth-order valence-corrected chi connectivity index (χ4v) is 4.50. The van der Waals surface area contributed by atoms with E-state index < -0.39 is 6.04 Å². The van der Waals surface area contributed by atoms with Crippen LogP contribution in [0.25, 0.3) is 0 Å². The molecule has 0 bridgehead atoms. The van der Waals surface area contributed by atoms with E-state index in [1.54, 1.807) is 30.5 Å². The van der Waals surface area contributed by atoms with Crippen molar-refractivity contribution in [3.8, 4) is 0 Å². The summed E-state index contributed by atoms with van der Waals surface area (Å²) in [7, 11) is 0. The second kappa shape index (κ2) is 11.0. The maximum absolute atomic E-state index is 13.2. The van der Waals surface area contributed by atoms with Crippen molar-refractivity contribution in [3.05, 3.63) is 94.9 Å². The Morgan fingerprint density at radius 3 is 2.23 bits per heavy atom. The van der Waals surface area contributed by atoms with Crippen molar-refractivity contribution in [3.63, 3.8) is 0 Å². The zero-order valence-corrected chi connectivity index (χ0v) is 20.1. The highest BCUT2D eigenvalue weighted by Gasteiger charge is 2.34. The van der Waals surface area contributed by atoms with Gasteiger partial charge in [0.05, 0.1) is 12.8 Å². The number of carbonyl (C=O) groups excluding carboxylic acids is 3. The van der Waals surface area contributed by atoms with Crippen molar-refractivity contribution in [2.45, 2.75) is 39.3 Å². The molecule has 0 saturated carbocycles. The maximum Gasteiger partial charge on any atom is 0.253 e. The fraction of sp³-hybridized carbons (Fsp3) is 0.321. The number of benzene rings is 2. The Morgan fingerprint density at radius 2 is 1.60 bits per heavy atom. The summed E-state index contributed by atoms with van der Waals surface area (Å²) in [6, 6.07) is 17.7. The van der Waals surface area contributed by atoms with Crippen LogP contribution in [-0.2, 0) is 11.3 Å². The van der Waals surface area contributed by atoms with Crippen molar-refractivity contribution >= 4 is 17.7 Å². The minimum absolute atomic E-state index is 0.00485. The molecule has 7 nitrogen and oxygen atoms in total. The Labute approximate surface area is 205 Å². The molecule has 182 valence electrons. The van der Waals surface area contributed by atoms with Gasteiger partial charge in [-0.2, -0.15) is 0 Å². The lowest BCUT2D eigenvalue weighted by Crippen LogP contribution is -2.53. The van der Waals surface area contributed by atoms with Crippen molar-refractivity contribution < 1.29 is 18.8 Å². The second-order valence-corrected chi connectivity index (χ2v) is 9.12. The van der Waals surface area contributed by atoms with Crippen LogP contribution < -0.4 is 10.6 Å². The van der Waals surface area contributed by atoms with E-state index in [1.807, 2.05) is 55.1 Å². The van der Waals surface area contributed by atoms with E-state index in [1.165, 1.54) is 0 Å². The maximum atomic E-state index is 13.2. The van der Waals surface area contributed by atoms with Crippen LogP contribution in [0.3, 0.4) is 0 Å². The molecule has 4 rings (SSSR count). The fourth-order valence-electron chi connectivity index (χ4n) is 4.50. The van der Waals surface area contributed by atoms with Gasteiger partial charge in [0.2, 0.25) is 5.91 Å². The summed E-state index contributed by atoms with van der Waals surface area (Å²) in [4.78, 5) is 41.0. The number of piperidine rings is 1. The number of nitrogens with zero attached hydrogens (tertiary/aromatic N) is 1. The van der Waals surface area contributed by atoms with Crippen LogP contribution in [0.4, 0.5) is 0 Å². The zero-order chi connectivity index (χ0) is 24.8. The Balaban J connectivity index is 1.44. The first kappa shape index (κ1) is 24.3. The molecule has 1 aliphatic heterocycles. The summed E-state index contributed by atoms with van der Waals surface area (Å²) >= 11 is 0. The molecule has 1 saturated heterocycles. The molecule has 2 N–H and O–H groups in total. The van der Waals surface area contributed by atoms with Gasteiger partial charge in [-0.25, -0.2) is 0 Å². The van der Waals surface area contributed by atoms with Crippen LogP contribution >= 0.6 is 0 Å². The standard InChI is InChI=1S/C28H31N3O4/c1-19-6-3-8-22(16-19)26(32)30-25(27(33)29-18-24-10-5-15-35-24)21-11-13-31(14-12-21)28(34)23-9-4-7-20(2)17-23/h3-10,15-17,21,25H,11-14,18H2,1-2H3,(H,29,33)(H,30,32)/t25-/m0/s1. The topological polar surface area (TPSA) is 91.7 Å². The predicted octanol–water partition coefficient (Wildman–Crippen LogP) is 3.86. The Bertz CT molecular complexity index is 1180. The monoisotopic (exact) mass is 473 g/mol. The average Bonchev–Trinajstić information content (AvgIpc) is 3.39. The molecule has 3 aromatic rings. The minimum Gasteiger partial charge on any atom is -0.467 e. The van der Waals surface area contributed by atoms with Crippen molar-refractivity contribution in [2.75, 3.05) is 13.1 Å². The molecule has 7 heteroatoms. The third-order valence-electron chi connectivity index (χ3n) is 6.43. The van der Waals surface area contributed by atoms with Gasteiger partial charge in [-0.05, 0) is 69.0 Å². The van der Waals surface area contributed by atoms with Crippen LogP contribution in [0.2, 0.25) is 0 Å². The van der Waals surface area contributed by atoms with Crippen LogP contribution in [0.5, 0.6) is 0 Å². The Morgan fingerprint density at radius 1 is 0.943 bits per heavy atom. The average molecular weight is 474 g/mol. The molecule has 2 aromatic carbocycles. The highest BCUT2D eigenvalue weighted by Crippen LogP contribution is 2.23. The van der Waals surface area contributed by atoms with E-state index in [-0.39, 0.29) is 30.2 Å². The molecule has 0 spiro atoms. The molecule has 35 heavy (non-hydrogen) atoms. The van der Waals surface area contributed by atoms with E-state index >= 15 is 0 Å². The zero-order valence-electron chi connectivity index (χ0n) is 20.1. The Kier molecular flexibility index (Phi) is 7.65. The van der Waals surface area contributed by atoms with E-state index in [2.05, 4.69) is 10.6 Å². The van der Waals surface area contributed by atoms with E-state index in [4.69, 9.17) is 4.42 Å². The molecule has 0 radical (unpaired) electrons. The van der Waals surface area contributed by atoms with Gasteiger partial charge < -0.3 is 20.0 Å². The second-order valence-electron chi connectivity index (χ2n) is 9.12. The van der Waals surface area contributed by atoms with Crippen molar-refractivity contribution in [1.29, 1.82) is 0 Å². The molecule has 3 amide bonds. The summed E-state index contributed by atoms with van der Waals surface area (Å²) in [6.45, 7) is 5.18. The molecule has 1 atom stereocenters. The van der Waals surface area contributed by atoms with Gasteiger partial charge in [0.1, 0.15) is 11.8 Å². The highest BCUT2D eigenvalue weighted by atomic mass is 16.3. The van der Waals surface area contributed by atoms with Crippen LogP contribution in [0, 0.1) is 19.8 Å². The SMILES string of the molecule is Cc1cccc(C(=O)N[C@H](C(=O)NCc2ccco2)C2CCN(C(=O)c3cccc(C)c3)CC2)c1. The van der Waals surface area contributed by atoms with Gasteiger partial charge in [0, 0.05) is 24.2 Å². The van der Waals surface area contributed by atoms with Gasteiger partial charge in [0.15, 0.2) is 0 Å². The number of carbonyl (C=O) groups is 3. The first-order valence-electron chi connectivity index (χ1n) is 11.9. The van der Waals surface area contributed by atoms with E-state index in [0.29, 0.717) is 42.8 Å². The van der Waals surface area contributed by atoms with Crippen molar-refractivity contribution in [1.82, 2.24) is 15.5 Å². The van der Waals surface area contributed by atoms with Gasteiger partial charge in [-0.3, -0.25) is 14.4 Å². The van der Waals surface area contributed by atoms with Crippen LogP contribution in [0.1, 0.15) is 50.4 Å². The lowest BCUT2D eigenvalue weighted by atomic mass is 9.88. The summed E-state index contributed by atoms with van der Waals surface area (Å²) in [5, 5.41) is 5.85. The van der Waals surface area contributed by atoms with E-state index in [0.717, 1.165) is 11.1 Å². The lowest BCUT2D eigenvalue weighted by molar-refractivity contribution is -0.124. The first-order valence-corrected chi connectivity index (χ1v) is 11.9. The number of furan rings is 1. The molecule has 1 aliphatic rings. The van der Waals surface area contributed by atoms with Crippen LogP contribution in [-0.4, -0.2) is 41.8 Å². The number of nitrogens with one attached hydrogen (secondary N) is 2. The molecule has 0 aliphatic carbocycles. The first-order chi connectivity index (χ1) is 16.9. The molecular weight excluding hydrogens is 442 g/mol. The van der Waals surface area contributed by atoms with Crippen molar-refractivity contribution in [2.24, 2.45) is 5.92 Å². The summed E-state index contributed by atoms with van der Waals surface area (Å²) in [5.41, 5.74) is 3.20.